The minimum atomic E-state index is -0.386. The lowest BCUT2D eigenvalue weighted by atomic mass is 10.0. The molecule has 1 amide bonds. The zero-order valence-corrected chi connectivity index (χ0v) is 15.4. The zero-order valence-electron chi connectivity index (χ0n) is 15.4. The summed E-state index contributed by atoms with van der Waals surface area (Å²) in [5.41, 5.74) is 3.43. The molecule has 4 nitrogen and oxygen atoms in total. The molecule has 1 heterocycles. The number of amides is 1. The Morgan fingerprint density at radius 2 is 1.70 bits per heavy atom. The van der Waals surface area contributed by atoms with Crippen molar-refractivity contribution in [1.29, 1.82) is 0 Å². The molecule has 0 aliphatic rings. The van der Waals surface area contributed by atoms with E-state index in [1.54, 1.807) is 30.5 Å². The van der Waals surface area contributed by atoms with Crippen LogP contribution in [0, 0.1) is 5.82 Å². The Morgan fingerprint density at radius 1 is 1.00 bits per heavy atom. The van der Waals surface area contributed by atoms with Gasteiger partial charge in [-0.1, -0.05) is 44.2 Å². The number of rotatable bonds is 6. The van der Waals surface area contributed by atoms with E-state index in [2.05, 4.69) is 41.6 Å². The SMILES string of the molecule is CC(C)c1ccc(Nc2ccc(NC(=O)Cc3ccccc3F)nc2)cc1. The molecular formula is C22H22FN3O. The Bertz CT molecular complexity index is 906. The smallest absolute Gasteiger partial charge is 0.230 e. The second-order valence-corrected chi connectivity index (χ2v) is 6.65. The van der Waals surface area contributed by atoms with Crippen molar-refractivity contribution < 1.29 is 9.18 Å². The second kappa shape index (κ2) is 8.45. The summed E-state index contributed by atoms with van der Waals surface area (Å²) in [5.74, 6) is 0.228. The van der Waals surface area contributed by atoms with Crippen LogP contribution in [0.3, 0.4) is 0 Å². The van der Waals surface area contributed by atoms with E-state index in [0.717, 1.165) is 11.4 Å². The molecule has 0 aliphatic heterocycles. The molecule has 0 atom stereocenters. The van der Waals surface area contributed by atoms with Gasteiger partial charge in [0, 0.05) is 5.69 Å². The molecule has 0 spiro atoms. The summed E-state index contributed by atoms with van der Waals surface area (Å²) in [4.78, 5) is 16.3. The Morgan fingerprint density at radius 3 is 2.33 bits per heavy atom. The van der Waals surface area contributed by atoms with Gasteiger partial charge in [-0.3, -0.25) is 4.79 Å². The van der Waals surface area contributed by atoms with E-state index in [4.69, 9.17) is 0 Å². The summed E-state index contributed by atoms with van der Waals surface area (Å²) in [5, 5.41) is 5.96. The maximum Gasteiger partial charge on any atom is 0.230 e. The van der Waals surface area contributed by atoms with Gasteiger partial charge in [0.05, 0.1) is 18.3 Å². The third-order valence-corrected chi connectivity index (χ3v) is 4.21. The fourth-order valence-corrected chi connectivity index (χ4v) is 2.66. The minimum Gasteiger partial charge on any atom is -0.354 e. The highest BCUT2D eigenvalue weighted by atomic mass is 19.1. The van der Waals surface area contributed by atoms with Crippen LogP contribution in [0.1, 0.15) is 30.9 Å². The summed E-state index contributed by atoms with van der Waals surface area (Å²) >= 11 is 0. The van der Waals surface area contributed by atoms with Gasteiger partial charge in [-0.2, -0.15) is 0 Å². The molecule has 0 radical (unpaired) electrons. The molecule has 2 aromatic carbocycles. The number of carbonyl (C=O) groups excluding carboxylic acids is 1. The molecule has 27 heavy (non-hydrogen) atoms. The normalized spacial score (nSPS) is 10.7. The number of hydrogen-bond donors (Lipinski definition) is 2. The average molecular weight is 363 g/mol. The first-order chi connectivity index (χ1) is 13.0. The average Bonchev–Trinajstić information content (AvgIpc) is 2.66. The van der Waals surface area contributed by atoms with Crippen LogP contribution in [0.2, 0.25) is 0 Å². The maximum absolute atomic E-state index is 13.6. The highest BCUT2D eigenvalue weighted by Gasteiger charge is 2.08. The van der Waals surface area contributed by atoms with Gasteiger partial charge < -0.3 is 10.6 Å². The summed E-state index contributed by atoms with van der Waals surface area (Å²) in [7, 11) is 0. The lowest BCUT2D eigenvalue weighted by Gasteiger charge is -2.10. The van der Waals surface area contributed by atoms with Crippen molar-refractivity contribution in [1.82, 2.24) is 4.98 Å². The zero-order chi connectivity index (χ0) is 19.2. The molecule has 0 saturated heterocycles. The Hall–Kier alpha value is -3.21. The Kier molecular flexibility index (Phi) is 5.81. The topological polar surface area (TPSA) is 54.0 Å². The molecular weight excluding hydrogens is 341 g/mol. The van der Waals surface area contributed by atoms with Crippen molar-refractivity contribution in [3.8, 4) is 0 Å². The van der Waals surface area contributed by atoms with E-state index in [0.29, 0.717) is 17.3 Å². The van der Waals surface area contributed by atoms with Gasteiger partial charge in [0.2, 0.25) is 5.91 Å². The van der Waals surface area contributed by atoms with Crippen molar-refractivity contribution >= 4 is 23.1 Å². The van der Waals surface area contributed by atoms with E-state index in [1.807, 2.05) is 18.2 Å². The van der Waals surface area contributed by atoms with Crippen molar-refractivity contribution in [2.45, 2.75) is 26.2 Å². The van der Waals surface area contributed by atoms with E-state index < -0.39 is 0 Å². The molecule has 1 aromatic heterocycles. The Balaban J connectivity index is 1.58. The number of halogens is 1. The van der Waals surface area contributed by atoms with E-state index >= 15 is 0 Å². The fraction of sp³-hybridized carbons (Fsp3) is 0.182. The lowest BCUT2D eigenvalue weighted by Crippen LogP contribution is -2.16. The fourth-order valence-electron chi connectivity index (χ4n) is 2.66. The van der Waals surface area contributed by atoms with Crippen LogP contribution in [0.5, 0.6) is 0 Å². The quantitative estimate of drug-likeness (QED) is 0.627. The van der Waals surface area contributed by atoms with Gasteiger partial charge in [-0.05, 0) is 47.4 Å². The van der Waals surface area contributed by atoms with Crippen LogP contribution in [0.15, 0.2) is 66.9 Å². The molecule has 3 aromatic rings. The van der Waals surface area contributed by atoms with Crippen LogP contribution >= 0.6 is 0 Å². The number of hydrogen-bond acceptors (Lipinski definition) is 3. The molecule has 0 aliphatic carbocycles. The first kappa shape index (κ1) is 18.6. The molecule has 5 heteroatoms. The number of nitrogens with zero attached hydrogens (tertiary/aromatic N) is 1. The number of carbonyl (C=O) groups is 1. The predicted molar refractivity (Wildman–Crippen MR) is 107 cm³/mol. The van der Waals surface area contributed by atoms with Gasteiger partial charge in [-0.15, -0.1) is 0 Å². The number of aromatic nitrogens is 1. The third kappa shape index (κ3) is 5.14. The largest absolute Gasteiger partial charge is 0.354 e. The van der Waals surface area contributed by atoms with Crippen molar-refractivity contribution in [2.24, 2.45) is 0 Å². The number of pyridine rings is 1. The second-order valence-electron chi connectivity index (χ2n) is 6.65. The molecule has 0 fully saturated rings. The van der Waals surface area contributed by atoms with Crippen LogP contribution in [-0.4, -0.2) is 10.9 Å². The van der Waals surface area contributed by atoms with Crippen molar-refractivity contribution in [3.63, 3.8) is 0 Å². The molecule has 3 rings (SSSR count). The van der Waals surface area contributed by atoms with E-state index in [9.17, 15) is 9.18 Å². The number of benzene rings is 2. The summed E-state index contributed by atoms with van der Waals surface area (Å²) in [6.45, 7) is 4.32. The molecule has 2 N–H and O–H groups in total. The Labute approximate surface area is 158 Å². The molecule has 0 bridgehead atoms. The van der Waals surface area contributed by atoms with E-state index in [-0.39, 0.29) is 18.1 Å². The lowest BCUT2D eigenvalue weighted by molar-refractivity contribution is -0.115. The first-order valence-electron chi connectivity index (χ1n) is 8.87. The summed E-state index contributed by atoms with van der Waals surface area (Å²) in [6.07, 6.45) is 1.62. The molecule has 0 saturated carbocycles. The highest BCUT2D eigenvalue weighted by molar-refractivity contribution is 5.91. The minimum absolute atomic E-state index is 0.0312. The third-order valence-electron chi connectivity index (χ3n) is 4.21. The van der Waals surface area contributed by atoms with Gasteiger partial charge in [-0.25, -0.2) is 9.37 Å². The molecule has 0 unspecified atom stereocenters. The molecule has 138 valence electrons. The van der Waals surface area contributed by atoms with Gasteiger partial charge in [0.15, 0.2) is 0 Å². The number of nitrogens with one attached hydrogen (secondary N) is 2. The predicted octanol–water partition coefficient (Wildman–Crippen LogP) is 5.27. The van der Waals surface area contributed by atoms with Crippen LogP contribution < -0.4 is 10.6 Å². The summed E-state index contributed by atoms with van der Waals surface area (Å²) < 4.78 is 13.6. The van der Waals surface area contributed by atoms with Crippen LogP contribution in [0.4, 0.5) is 21.6 Å². The summed E-state index contributed by atoms with van der Waals surface area (Å²) in [6, 6.07) is 18.0. The van der Waals surface area contributed by atoms with E-state index in [1.165, 1.54) is 11.6 Å². The van der Waals surface area contributed by atoms with Crippen LogP contribution in [-0.2, 0) is 11.2 Å². The monoisotopic (exact) mass is 363 g/mol. The number of anilines is 3. The van der Waals surface area contributed by atoms with Crippen molar-refractivity contribution in [2.75, 3.05) is 10.6 Å². The standard InChI is InChI=1S/C22H22FN3O/c1-15(2)16-7-9-18(10-8-16)25-19-11-12-21(24-14-19)26-22(27)13-17-5-3-4-6-20(17)23/h3-12,14-15,25H,13H2,1-2H3,(H,24,26,27). The first-order valence-corrected chi connectivity index (χ1v) is 8.87. The van der Waals surface area contributed by atoms with Gasteiger partial charge in [0.25, 0.3) is 0 Å². The highest BCUT2D eigenvalue weighted by Crippen LogP contribution is 2.21. The van der Waals surface area contributed by atoms with Crippen LogP contribution in [0.25, 0.3) is 0 Å². The van der Waals surface area contributed by atoms with Crippen molar-refractivity contribution in [3.05, 3.63) is 83.8 Å². The maximum atomic E-state index is 13.6. The van der Waals surface area contributed by atoms with Gasteiger partial charge in [0.1, 0.15) is 11.6 Å². The van der Waals surface area contributed by atoms with Gasteiger partial charge >= 0.3 is 0 Å².